The van der Waals surface area contributed by atoms with Gasteiger partial charge in [-0.25, -0.2) is 0 Å². The summed E-state index contributed by atoms with van der Waals surface area (Å²) in [6, 6.07) is 3.56. The van der Waals surface area contributed by atoms with Gasteiger partial charge in [0.15, 0.2) is 0 Å². The first-order valence-electron chi connectivity index (χ1n) is 4.82. The average Bonchev–Trinajstić information content (AvgIpc) is 2.30. The Labute approximate surface area is 96.3 Å². The Morgan fingerprint density at radius 1 is 1.44 bits per heavy atom. The predicted molar refractivity (Wildman–Crippen MR) is 62.1 cm³/mol. The van der Waals surface area contributed by atoms with E-state index in [4.69, 9.17) is 15.3 Å². The third kappa shape index (κ3) is 7.37. The normalized spacial score (nSPS) is 9.19. The molecule has 4 heteroatoms. The maximum atomic E-state index is 8.47. The molecule has 0 saturated heterocycles. The molecule has 0 fully saturated rings. The SMILES string of the molecule is C=CCOCCN(C)/C=C/C=C(C#N)C#N. The summed E-state index contributed by atoms with van der Waals surface area (Å²) in [5.41, 5.74) is 0.0903. The average molecular weight is 217 g/mol. The zero-order chi connectivity index (χ0) is 12.2. The summed E-state index contributed by atoms with van der Waals surface area (Å²) < 4.78 is 5.21. The van der Waals surface area contributed by atoms with Crippen molar-refractivity contribution in [2.45, 2.75) is 0 Å². The largest absolute Gasteiger partial charge is 0.378 e. The number of hydrogen-bond donors (Lipinski definition) is 0. The third-order valence-electron chi connectivity index (χ3n) is 1.67. The minimum Gasteiger partial charge on any atom is -0.378 e. The summed E-state index contributed by atoms with van der Waals surface area (Å²) >= 11 is 0. The van der Waals surface area contributed by atoms with Crippen LogP contribution in [0, 0.1) is 22.7 Å². The van der Waals surface area contributed by atoms with Gasteiger partial charge in [0, 0.05) is 13.6 Å². The van der Waals surface area contributed by atoms with Crippen LogP contribution in [0.1, 0.15) is 0 Å². The van der Waals surface area contributed by atoms with E-state index in [1.807, 2.05) is 11.9 Å². The molecule has 0 bridgehead atoms. The van der Waals surface area contributed by atoms with E-state index in [0.29, 0.717) is 13.2 Å². The van der Waals surface area contributed by atoms with E-state index in [1.54, 1.807) is 30.5 Å². The van der Waals surface area contributed by atoms with Crippen LogP contribution in [-0.2, 0) is 4.74 Å². The van der Waals surface area contributed by atoms with Gasteiger partial charge in [0.2, 0.25) is 0 Å². The summed E-state index contributed by atoms with van der Waals surface area (Å²) in [6.45, 7) is 5.44. The Kier molecular flexibility index (Phi) is 8.30. The lowest BCUT2D eigenvalue weighted by Gasteiger charge is -2.12. The van der Waals surface area contributed by atoms with Gasteiger partial charge in [-0.15, -0.1) is 6.58 Å². The van der Waals surface area contributed by atoms with Crippen molar-refractivity contribution in [1.82, 2.24) is 4.90 Å². The molecule has 0 rings (SSSR count). The van der Waals surface area contributed by atoms with E-state index in [0.717, 1.165) is 6.54 Å². The molecule has 0 aromatic carbocycles. The van der Waals surface area contributed by atoms with Crippen LogP contribution in [0.3, 0.4) is 0 Å². The van der Waals surface area contributed by atoms with E-state index in [1.165, 1.54) is 6.08 Å². The standard InChI is InChI=1S/C12H15N3O/c1-3-8-16-9-7-15(2)6-4-5-12(10-13)11-14/h3-6H,1,7-9H2,2H3/b6-4+. The second-order valence-corrected chi connectivity index (χ2v) is 2.99. The lowest BCUT2D eigenvalue weighted by atomic mass is 10.3. The topological polar surface area (TPSA) is 60.0 Å². The van der Waals surface area contributed by atoms with E-state index < -0.39 is 0 Å². The second-order valence-electron chi connectivity index (χ2n) is 2.99. The number of hydrogen-bond acceptors (Lipinski definition) is 4. The first-order valence-corrected chi connectivity index (χ1v) is 4.82. The molecule has 0 aliphatic heterocycles. The van der Waals surface area contributed by atoms with Crippen molar-refractivity contribution in [3.05, 3.63) is 36.6 Å². The summed E-state index contributed by atoms with van der Waals surface area (Å²) in [6.07, 6.45) is 6.62. The second kappa shape index (κ2) is 9.51. The van der Waals surface area contributed by atoms with Crippen molar-refractivity contribution < 1.29 is 4.74 Å². The van der Waals surface area contributed by atoms with Crippen molar-refractivity contribution in [2.75, 3.05) is 26.8 Å². The van der Waals surface area contributed by atoms with Gasteiger partial charge in [-0.05, 0) is 18.4 Å². The Balaban J connectivity index is 3.88. The smallest absolute Gasteiger partial charge is 0.129 e. The minimum absolute atomic E-state index is 0.0903. The molecule has 16 heavy (non-hydrogen) atoms. The van der Waals surface area contributed by atoms with Crippen LogP contribution < -0.4 is 0 Å². The zero-order valence-corrected chi connectivity index (χ0v) is 9.39. The van der Waals surface area contributed by atoms with Gasteiger partial charge in [0.25, 0.3) is 0 Å². The molecule has 0 N–H and O–H groups in total. The molecule has 0 aromatic rings. The lowest BCUT2D eigenvalue weighted by Crippen LogP contribution is -2.17. The summed E-state index contributed by atoms with van der Waals surface area (Å²) in [5.74, 6) is 0. The van der Waals surface area contributed by atoms with Crippen LogP contribution in [0.5, 0.6) is 0 Å². The lowest BCUT2D eigenvalue weighted by molar-refractivity contribution is 0.146. The summed E-state index contributed by atoms with van der Waals surface area (Å²) in [7, 11) is 1.89. The molecule has 0 aliphatic rings. The first kappa shape index (κ1) is 14.0. The van der Waals surface area contributed by atoms with E-state index in [-0.39, 0.29) is 5.57 Å². The van der Waals surface area contributed by atoms with E-state index in [9.17, 15) is 0 Å². The summed E-state index contributed by atoms with van der Waals surface area (Å²) in [5, 5.41) is 16.9. The van der Waals surface area contributed by atoms with Gasteiger partial charge in [0.1, 0.15) is 17.7 Å². The van der Waals surface area contributed by atoms with Gasteiger partial charge in [-0.3, -0.25) is 0 Å². The van der Waals surface area contributed by atoms with Crippen molar-refractivity contribution in [3.8, 4) is 12.1 Å². The first-order chi connectivity index (χ1) is 7.74. The highest BCUT2D eigenvalue weighted by molar-refractivity contribution is 5.37. The fourth-order valence-electron chi connectivity index (χ4n) is 0.835. The Morgan fingerprint density at radius 3 is 2.69 bits per heavy atom. The third-order valence-corrected chi connectivity index (χ3v) is 1.67. The zero-order valence-electron chi connectivity index (χ0n) is 9.39. The highest BCUT2D eigenvalue weighted by Gasteiger charge is 1.91. The van der Waals surface area contributed by atoms with Crippen molar-refractivity contribution in [1.29, 1.82) is 10.5 Å². The molecule has 0 atom stereocenters. The minimum atomic E-state index is 0.0903. The van der Waals surface area contributed by atoms with Crippen LogP contribution in [0.4, 0.5) is 0 Å². The molecule has 0 saturated carbocycles. The van der Waals surface area contributed by atoms with Gasteiger partial charge in [0.05, 0.1) is 13.2 Å². The molecule has 0 radical (unpaired) electrons. The Bertz CT molecular complexity index is 328. The summed E-state index contributed by atoms with van der Waals surface area (Å²) in [4.78, 5) is 1.91. The number of allylic oxidation sites excluding steroid dienone is 3. The molecule has 0 aromatic heterocycles. The van der Waals surface area contributed by atoms with E-state index in [2.05, 4.69) is 6.58 Å². The molecule has 0 heterocycles. The Hall–Kier alpha value is -2.04. The van der Waals surface area contributed by atoms with Crippen molar-refractivity contribution in [3.63, 3.8) is 0 Å². The van der Waals surface area contributed by atoms with Crippen LogP contribution in [0.2, 0.25) is 0 Å². The highest BCUT2D eigenvalue weighted by Crippen LogP contribution is 1.92. The number of ether oxygens (including phenoxy) is 1. The van der Waals surface area contributed by atoms with Crippen LogP contribution >= 0.6 is 0 Å². The fourth-order valence-corrected chi connectivity index (χ4v) is 0.835. The van der Waals surface area contributed by atoms with Gasteiger partial charge in [-0.1, -0.05) is 6.08 Å². The quantitative estimate of drug-likeness (QED) is 0.281. The number of likely N-dealkylation sites (N-methyl/N-ethyl adjacent to an activating group) is 1. The fraction of sp³-hybridized carbons (Fsp3) is 0.333. The maximum Gasteiger partial charge on any atom is 0.129 e. The van der Waals surface area contributed by atoms with Crippen molar-refractivity contribution in [2.24, 2.45) is 0 Å². The predicted octanol–water partition coefficient (Wildman–Crippen LogP) is 1.61. The molecule has 0 spiro atoms. The number of nitrogens with zero attached hydrogens (tertiary/aromatic N) is 3. The molecular weight excluding hydrogens is 202 g/mol. The van der Waals surface area contributed by atoms with Crippen molar-refractivity contribution >= 4 is 0 Å². The highest BCUT2D eigenvalue weighted by atomic mass is 16.5. The van der Waals surface area contributed by atoms with Crippen LogP contribution in [-0.4, -0.2) is 31.7 Å². The molecular formula is C12H15N3O. The molecule has 4 nitrogen and oxygen atoms in total. The number of rotatable bonds is 7. The molecule has 0 amide bonds. The van der Waals surface area contributed by atoms with Gasteiger partial charge in [-0.2, -0.15) is 10.5 Å². The van der Waals surface area contributed by atoms with Gasteiger partial charge >= 0.3 is 0 Å². The van der Waals surface area contributed by atoms with Crippen LogP contribution in [0.25, 0.3) is 0 Å². The number of nitriles is 2. The van der Waals surface area contributed by atoms with Gasteiger partial charge < -0.3 is 9.64 Å². The Morgan fingerprint density at radius 2 is 2.12 bits per heavy atom. The molecule has 0 aliphatic carbocycles. The molecule has 0 unspecified atom stereocenters. The maximum absolute atomic E-state index is 8.47. The van der Waals surface area contributed by atoms with Crippen LogP contribution in [0.15, 0.2) is 36.6 Å². The monoisotopic (exact) mass is 217 g/mol. The molecule has 84 valence electrons. The van der Waals surface area contributed by atoms with E-state index >= 15 is 0 Å².